The van der Waals surface area contributed by atoms with Gasteiger partial charge >= 0.3 is 0 Å². The van der Waals surface area contributed by atoms with E-state index in [2.05, 4.69) is 15.9 Å². The molecule has 0 aromatic heterocycles. The van der Waals surface area contributed by atoms with Crippen molar-refractivity contribution >= 4 is 23.3 Å². The minimum absolute atomic E-state index is 0.410. The van der Waals surface area contributed by atoms with Crippen LogP contribution in [0.2, 0.25) is 0 Å². The lowest BCUT2D eigenvalue weighted by molar-refractivity contribution is 0.0811. The van der Waals surface area contributed by atoms with Gasteiger partial charge in [-0.1, -0.05) is 15.9 Å². The number of hydrogen-bond acceptors (Lipinski definition) is 3. The van der Waals surface area contributed by atoms with Crippen LogP contribution in [-0.2, 0) is 9.09 Å². The highest BCUT2D eigenvalue weighted by Gasteiger charge is 2.50. The van der Waals surface area contributed by atoms with E-state index < -0.39 is 17.5 Å². The van der Waals surface area contributed by atoms with E-state index in [1.165, 1.54) is 7.11 Å². The quantitative estimate of drug-likeness (QED) is 0.564. The molecule has 0 amide bonds. The van der Waals surface area contributed by atoms with Crippen molar-refractivity contribution in [1.82, 2.24) is 0 Å². The maximum Gasteiger partial charge on any atom is 0.219 e. The highest BCUT2D eigenvalue weighted by molar-refractivity contribution is 9.10. The van der Waals surface area contributed by atoms with Crippen molar-refractivity contribution in [2.75, 3.05) is 13.3 Å². The van der Waals surface area contributed by atoms with Crippen LogP contribution in [-0.4, -0.2) is 28.5 Å². The lowest BCUT2D eigenvalue weighted by Gasteiger charge is -2.22. The van der Waals surface area contributed by atoms with Gasteiger partial charge in [-0.05, 0) is 13.3 Å². The van der Waals surface area contributed by atoms with E-state index in [0.29, 0.717) is 12.6 Å². The molecule has 0 aliphatic carbocycles. The molecule has 1 aliphatic heterocycles. The molecule has 1 N–H and O–H groups in total. The maximum absolute atomic E-state index is 11.7. The summed E-state index contributed by atoms with van der Waals surface area (Å²) in [5, 5.41) is 9.63. The van der Waals surface area contributed by atoms with Gasteiger partial charge in [-0.15, -0.1) is 0 Å². The standard InChI is InChI=1S/C6H12BrO3P/c1-6(8)3-4-11(9,10-2)5(6)7/h5,8H,3-4H2,1-2H3/t5-,6-,11-/m1/s1. The van der Waals surface area contributed by atoms with Crippen LogP contribution < -0.4 is 0 Å². The van der Waals surface area contributed by atoms with E-state index >= 15 is 0 Å². The van der Waals surface area contributed by atoms with E-state index in [9.17, 15) is 9.67 Å². The Balaban J connectivity index is 2.87. The first kappa shape index (κ1) is 9.72. The molecule has 5 heteroatoms. The number of rotatable bonds is 1. The molecule has 0 aromatic rings. The van der Waals surface area contributed by atoms with E-state index in [1.807, 2.05) is 0 Å². The highest BCUT2D eigenvalue weighted by Crippen LogP contribution is 2.64. The lowest BCUT2D eigenvalue weighted by Crippen LogP contribution is -2.28. The summed E-state index contributed by atoms with van der Waals surface area (Å²) in [7, 11) is -1.17. The summed E-state index contributed by atoms with van der Waals surface area (Å²) < 4.78 is 16.2. The average molecular weight is 243 g/mol. The molecule has 1 aliphatic rings. The minimum atomic E-state index is -2.60. The third-order valence-corrected chi connectivity index (χ3v) is 7.67. The molecule has 1 fully saturated rings. The third-order valence-electron chi connectivity index (χ3n) is 2.10. The molecular weight excluding hydrogens is 231 g/mol. The number of hydrogen-bond donors (Lipinski definition) is 1. The predicted octanol–water partition coefficient (Wildman–Crippen LogP) is 1.79. The molecule has 3 atom stereocenters. The van der Waals surface area contributed by atoms with E-state index in [4.69, 9.17) is 4.52 Å². The monoisotopic (exact) mass is 242 g/mol. The van der Waals surface area contributed by atoms with Gasteiger partial charge in [0.1, 0.15) is 4.57 Å². The molecule has 11 heavy (non-hydrogen) atoms. The molecule has 1 rings (SSSR count). The Kier molecular flexibility index (Phi) is 2.51. The fourth-order valence-electron chi connectivity index (χ4n) is 1.22. The van der Waals surface area contributed by atoms with Crippen LogP contribution in [0, 0.1) is 0 Å². The Morgan fingerprint density at radius 2 is 2.36 bits per heavy atom. The van der Waals surface area contributed by atoms with Gasteiger partial charge in [0.05, 0.1) is 5.60 Å². The van der Waals surface area contributed by atoms with Crippen LogP contribution in [0.3, 0.4) is 0 Å². The first-order valence-corrected chi connectivity index (χ1v) is 6.23. The van der Waals surface area contributed by atoms with Crippen LogP contribution in [0.4, 0.5) is 0 Å². The van der Waals surface area contributed by atoms with E-state index in [-0.39, 0.29) is 0 Å². The Morgan fingerprint density at radius 1 is 1.82 bits per heavy atom. The van der Waals surface area contributed by atoms with Crippen LogP contribution in [0.15, 0.2) is 0 Å². The van der Waals surface area contributed by atoms with Gasteiger partial charge in [-0.3, -0.25) is 4.57 Å². The van der Waals surface area contributed by atoms with Crippen molar-refractivity contribution in [2.45, 2.75) is 23.5 Å². The fraction of sp³-hybridized carbons (Fsp3) is 1.00. The van der Waals surface area contributed by atoms with Crippen molar-refractivity contribution in [2.24, 2.45) is 0 Å². The highest BCUT2D eigenvalue weighted by atomic mass is 79.9. The molecule has 1 saturated heterocycles. The van der Waals surface area contributed by atoms with Gasteiger partial charge in [-0.25, -0.2) is 0 Å². The van der Waals surface area contributed by atoms with Crippen LogP contribution in [0.25, 0.3) is 0 Å². The van der Waals surface area contributed by atoms with Gasteiger partial charge in [0.25, 0.3) is 0 Å². The molecule has 0 radical (unpaired) electrons. The van der Waals surface area contributed by atoms with Crippen molar-refractivity contribution < 1.29 is 14.2 Å². The van der Waals surface area contributed by atoms with Crippen molar-refractivity contribution in [1.29, 1.82) is 0 Å². The second-order valence-electron chi connectivity index (χ2n) is 3.08. The molecule has 0 bridgehead atoms. The minimum Gasteiger partial charge on any atom is -0.388 e. The summed E-state index contributed by atoms with van der Waals surface area (Å²) in [5.41, 5.74) is -0.883. The van der Waals surface area contributed by atoms with Gasteiger partial charge < -0.3 is 9.63 Å². The molecule has 0 spiro atoms. The second kappa shape index (κ2) is 2.84. The van der Waals surface area contributed by atoms with Crippen molar-refractivity contribution in [3.05, 3.63) is 0 Å². The van der Waals surface area contributed by atoms with Crippen molar-refractivity contribution in [3.63, 3.8) is 0 Å². The first-order chi connectivity index (χ1) is 4.92. The zero-order chi connectivity index (χ0) is 8.70. The Bertz CT molecular complexity index is 204. The fourth-order valence-corrected chi connectivity index (χ4v) is 4.90. The van der Waals surface area contributed by atoms with Crippen LogP contribution >= 0.6 is 23.3 Å². The normalized spacial score (nSPS) is 51.5. The van der Waals surface area contributed by atoms with Gasteiger partial charge in [0.15, 0.2) is 0 Å². The zero-order valence-corrected chi connectivity index (χ0v) is 9.06. The largest absolute Gasteiger partial charge is 0.388 e. The number of halogens is 1. The summed E-state index contributed by atoms with van der Waals surface area (Å²) in [5.74, 6) is 0. The second-order valence-corrected chi connectivity index (χ2v) is 7.48. The molecule has 66 valence electrons. The average Bonchev–Trinajstić information content (AvgIpc) is 2.16. The Labute approximate surface area is 74.7 Å². The lowest BCUT2D eigenvalue weighted by atomic mass is 10.1. The smallest absolute Gasteiger partial charge is 0.219 e. The molecule has 0 saturated carbocycles. The van der Waals surface area contributed by atoms with Gasteiger partial charge in [0.2, 0.25) is 7.37 Å². The number of aliphatic hydroxyl groups is 1. The molecule has 1 heterocycles. The molecule has 0 aromatic carbocycles. The van der Waals surface area contributed by atoms with E-state index in [1.54, 1.807) is 6.92 Å². The topological polar surface area (TPSA) is 46.5 Å². The Hall–Kier alpha value is 0.630. The van der Waals surface area contributed by atoms with Crippen LogP contribution in [0.1, 0.15) is 13.3 Å². The summed E-state index contributed by atoms with van der Waals surface area (Å²) in [6.45, 7) is 1.67. The van der Waals surface area contributed by atoms with Crippen molar-refractivity contribution in [3.8, 4) is 0 Å². The SMILES string of the molecule is CO[P@]1(=O)CC[C@@](C)(O)[C@@H]1Br. The summed E-state index contributed by atoms with van der Waals surface area (Å²) in [6, 6.07) is 0. The molecular formula is C6H12BrO3P. The molecule has 0 unspecified atom stereocenters. The van der Waals surface area contributed by atoms with Crippen LogP contribution in [0.5, 0.6) is 0 Å². The maximum atomic E-state index is 11.7. The summed E-state index contributed by atoms with van der Waals surface area (Å²) >= 11 is 3.20. The number of alkyl halides is 1. The summed E-state index contributed by atoms with van der Waals surface area (Å²) in [6.07, 6.45) is 1.00. The van der Waals surface area contributed by atoms with E-state index in [0.717, 1.165) is 0 Å². The van der Waals surface area contributed by atoms with Gasteiger partial charge in [0, 0.05) is 13.3 Å². The third kappa shape index (κ3) is 1.55. The zero-order valence-electron chi connectivity index (χ0n) is 6.58. The molecule has 3 nitrogen and oxygen atoms in total. The summed E-state index contributed by atoms with van der Waals surface area (Å²) in [4.78, 5) is 0. The first-order valence-electron chi connectivity index (χ1n) is 3.43. The Morgan fingerprint density at radius 3 is 2.55 bits per heavy atom. The predicted molar refractivity (Wildman–Crippen MR) is 47.4 cm³/mol. The van der Waals surface area contributed by atoms with Gasteiger partial charge in [-0.2, -0.15) is 0 Å².